The summed E-state index contributed by atoms with van der Waals surface area (Å²) in [6.45, 7) is 0.673. The van der Waals surface area contributed by atoms with E-state index in [1.54, 1.807) is 30.3 Å². The molecule has 0 aliphatic carbocycles. The molecule has 3 aromatic heterocycles. The van der Waals surface area contributed by atoms with Crippen molar-refractivity contribution in [1.29, 1.82) is 0 Å². The molecule has 0 spiro atoms. The maximum Gasteiger partial charge on any atom is 0.291 e. The van der Waals surface area contributed by atoms with E-state index in [1.807, 2.05) is 0 Å². The number of piperazine rings is 1. The zero-order valence-corrected chi connectivity index (χ0v) is 19.2. The van der Waals surface area contributed by atoms with Crippen LogP contribution in [0.15, 0.2) is 60.0 Å². The van der Waals surface area contributed by atoms with Crippen molar-refractivity contribution in [3.63, 3.8) is 0 Å². The van der Waals surface area contributed by atoms with Gasteiger partial charge in [-0.15, -0.1) is 0 Å². The van der Waals surface area contributed by atoms with E-state index in [4.69, 9.17) is 11.6 Å². The molecule has 1 aliphatic rings. The number of amides is 1. The molecule has 34 heavy (non-hydrogen) atoms. The highest BCUT2D eigenvalue weighted by atomic mass is 35.5. The van der Waals surface area contributed by atoms with Gasteiger partial charge in [-0.25, -0.2) is 23.4 Å². The largest absolute Gasteiger partial charge is 0.345 e. The Morgan fingerprint density at radius 1 is 0.971 bits per heavy atom. The van der Waals surface area contributed by atoms with Gasteiger partial charge in [-0.2, -0.15) is 8.70 Å². The molecular weight excluding hydrogens is 483 g/mol. The van der Waals surface area contributed by atoms with Crippen LogP contribution in [0.4, 0.5) is 4.39 Å². The summed E-state index contributed by atoms with van der Waals surface area (Å²) in [7, 11) is -3.76. The van der Waals surface area contributed by atoms with E-state index in [-0.39, 0.29) is 37.0 Å². The Morgan fingerprint density at radius 3 is 2.41 bits per heavy atom. The highest BCUT2D eigenvalue weighted by Gasteiger charge is 2.32. The zero-order chi connectivity index (χ0) is 23.9. The molecule has 4 aromatic rings. The van der Waals surface area contributed by atoms with Gasteiger partial charge >= 0.3 is 0 Å². The van der Waals surface area contributed by atoms with Crippen molar-refractivity contribution >= 4 is 38.4 Å². The molecule has 1 saturated heterocycles. The van der Waals surface area contributed by atoms with Crippen LogP contribution in [0, 0.1) is 5.95 Å². The third-order valence-electron chi connectivity index (χ3n) is 5.60. The fourth-order valence-corrected chi connectivity index (χ4v) is 5.42. The summed E-state index contributed by atoms with van der Waals surface area (Å²) in [5.74, 6) is -1.03. The molecule has 1 aliphatic heterocycles. The molecule has 0 bridgehead atoms. The van der Waals surface area contributed by atoms with Gasteiger partial charge in [0.05, 0.1) is 0 Å². The maximum atomic E-state index is 13.3. The fraction of sp³-hybridized carbons (Fsp3) is 0.182. The first kappa shape index (κ1) is 22.4. The average Bonchev–Trinajstić information content (AvgIpc) is 3.28. The van der Waals surface area contributed by atoms with Gasteiger partial charge in [0.2, 0.25) is 11.8 Å². The van der Waals surface area contributed by atoms with Crippen LogP contribution in [0.5, 0.6) is 0 Å². The van der Waals surface area contributed by atoms with Crippen LogP contribution in [-0.4, -0.2) is 69.6 Å². The predicted octanol–water partition coefficient (Wildman–Crippen LogP) is 2.96. The van der Waals surface area contributed by atoms with Crippen molar-refractivity contribution in [1.82, 2.24) is 29.1 Å². The van der Waals surface area contributed by atoms with Gasteiger partial charge in [-0.05, 0) is 35.9 Å². The lowest BCUT2D eigenvalue weighted by Gasteiger charge is -2.33. The number of hydrogen-bond acceptors (Lipinski definition) is 6. The molecule has 12 heteroatoms. The number of aromatic amines is 1. The van der Waals surface area contributed by atoms with Crippen molar-refractivity contribution in [3.8, 4) is 11.1 Å². The Hall–Kier alpha value is -3.41. The van der Waals surface area contributed by atoms with E-state index >= 15 is 0 Å². The number of rotatable bonds is 4. The van der Waals surface area contributed by atoms with Gasteiger partial charge in [-0.1, -0.05) is 11.6 Å². The Bertz CT molecular complexity index is 1480. The number of pyridine rings is 1. The van der Waals surface area contributed by atoms with Crippen molar-refractivity contribution in [2.75, 3.05) is 26.2 Å². The highest BCUT2D eigenvalue weighted by Crippen LogP contribution is 2.25. The zero-order valence-electron chi connectivity index (χ0n) is 17.6. The van der Waals surface area contributed by atoms with Crippen LogP contribution in [0.25, 0.3) is 22.0 Å². The van der Waals surface area contributed by atoms with E-state index in [0.717, 1.165) is 0 Å². The Kier molecular flexibility index (Phi) is 5.76. The first-order chi connectivity index (χ1) is 16.3. The molecule has 4 heterocycles. The number of hydrogen-bond donors (Lipinski definition) is 1. The smallest absolute Gasteiger partial charge is 0.291 e. The lowest BCUT2D eigenvalue weighted by atomic mass is 10.1. The Balaban J connectivity index is 1.26. The number of carbonyl (C=O) groups is 1. The maximum absolute atomic E-state index is 13.3. The van der Waals surface area contributed by atoms with E-state index in [1.165, 1.54) is 33.9 Å². The standard InChI is InChI=1S/C22H18ClFN6O3S/c23-17-1-2-18-15(9-17)11-20(28-18)34(32,33)30-7-5-29(6-8-30)22(31)21-26-12-16(13-27-21)14-3-4-25-19(24)10-14/h1-4,9-13,28H,5-8H2. The third-order valence-corrected chi connectivity index (χ3v) is 7.66. The van der Waals surface area contributed by atoms with Crippen LogP contribution in [0.2, 0.25) is 5.02 Å². The fourth-order valence-electron chi connectivity index (χ4n) is 3.80. The van der Waals surface area contributed by atoms with E-state index in [2.05, 4.69) is 19.9 Å². The second-order valence-electron chi connectivity index (χ2n) is 7.72. The number of fused-ring (bicyclic) bond motifs is 1. The van der Waals surface area contributed by atoms with Gasteiger partial charge in [-0.3, -0.25) is 4.79 Å². The minimum absolute atomic E-state index is 0.0120. The van der Waals surface area contributed by atoms with Gasteiger partial charge in [0, 0.05) is 72.3 Å². The Labute approximate surface area is 199 Å². The van der Waals surface area contributed by atoms with Crippen LogP contribution >= 0.6 is 11.6 Å². The van der Waals surface area contributed by atoms with Crippen LogP contribution in [0.3, 0.4) is 0 Å². The molecule has 0 saturated carbocycles. The van der Waals surface area contributed by atoms with Crippen LogP contribution < -0.4 is 0 Å². The van der Waals surface area contributed by atoms with Crippen molar-refractivity contribution in [3.05, 3.63) is 71.8 Å². The Morgan fingerprint density at radius 2 is 1.71 bits per heavy atom. The molecule has 5 rings (SSSR count). The summed E-state index contributed by atoms with van der Waals surface area (Å²) in [5.41, 5.74) is 1.77. The van der Waals surface area contributed by atoms with Gasteiger partial charge in [0.25, 0.3) is 15.9 Å². The molecule has 1 fully saturated rings. The van der Waals surface area contributed by atoms with Crippen molar-refractivity contribution in [2.24, 2.45) is 0 Å². The summed E-state index contributed by atoms with van der Waals surface area (Å²) in [4.78, 5) is 29.0. The average molecular weight is 501 g/mol. The SMILES string of the molecule is O=C(c1ncc(-c2ccnc(F)c2)cn1)N1CCN(S(=O)(=O)c2cc3cc(Cl)ccc3[nH]2)CC1. The number of nitrogens with one attached hydrogen (secondary N) is 1. The number of carbonyl (C=O) groups excluding carboxylic acids is 1. The highest BCUT2D eigenvalue weighted by molar-refractivity contribution is 7.89. The quantitative estimate of drug-likeness (QED) is 0.431. The molecule has 1 N–H and O–H groups in total. The van der Waals surface area contributed by atoms with Crippen LogP contribution in [0.1, 0.15) is 10.6 Å². The number of nitrogens with zero attached hydrogens (tertiary/aromatic N) is 5. The number of sulfonamides is 1. The monoisotopic (exact) mass is 500 g/mol. The summed E-state index contributed by atoms with van der Waals surface area (Å²) in [6.07, 6.45) is 4.22. The molecule has 0 unspecified atom stereocenters. The number of halogens is 2. The second-order valence-corrected chi connectivity index (χ2v) is 10.1. The molecule has 0 radical (unpaired) electrons. The minimum atomic E-state index is -3.76. The van der Waals surface area contributed by atoms with Gasteiger partial charge < -0.3 is 9.88 Å². The molecule has 0 atom stereocenters. The topological polar surface area (TPSA) is 112 Å². The molecule has 1 amide bonds. The predicted molar refractivity (Wildman–Crippen MR) is 123 cm³/mol. The van der Waals surface area contributed by atoms with Gasteiger partial charge in [0.1, 0.15) is 5.03 Å². The molecule has 174 valence electrons. The summed E-state index contributed by atoms with van der Waals surface area (Å²) in [6, 6.07) is 9.53. The number of aromatic nitrogens is 4. The van der Waals surface area contributed by atoms with E-state index in [0.29, 0.717) is 27.1 Å². The van der Waals surface area contributed by atoms with Crippen molar-refractivity contribution in [2.45, 2.75) is 5.03 Å². The first-order valence-corrected chi connectivity index (χ1v) is 12.1. The lowest BCUT2D eigenvalue weighted by Crippen LogP contribution is -2.50. The van der Waals surface area contributed by atoms with Gasteiger partial charge in [0.15, 0.2) is 0 Å². The third kappa shape index (κ3) is 4.25. The first-order valence-electron chi connectivity index (χ1n) is 10.3. The normalized spacial score (nSPS) is 15.1. The van der Waals surface area contributed by atoms with E-state index in [9.17, 15) is 17.6 Å². The lowest BCUT2D eigenvalue weighted by molar-refractivity contribution is 0.0685. The summed E-state index contributed by atoms with van der Waals surface area (Å²) >= 11 is 5.99. The molecule has 9 nitrogen and oxygen atoms in total. The summed E-state index contributed by atoms with van der Waals surface area (Å²) in [5, 5.41) is 1.30. The molecular formula is C22H18ClFN6O3S. The minimum Gasteiger partial charge on any atom is -0.345 e. The number of benzene rings is 1. The van der Waals surface area contributed by atoms with Crippen LogP contribution in [-0.2, 0) is 10.0 Å². The second kappa shape index (κ2) is 8.75. The number of H-pyrrole nitrogens is 1. The summed E-state index contributed by atoms with van der Waals surface area (Å²) < 4.78 is 40.8. The van der Waals surface area contributed by atoms with Crippen molar-refractivity contribution < 1.29 is 17.6 Å². The molecule has 1 aromatic carbocycles. The van der Waals surface area contributed by atoms with E-state index < -0.39 is 21.9 Å².